The van der Waals surface area contributed by atoms with E-state index in [9.17, 15) is 34.5 Å². The number of aliphatic carboxylic acids is 1. The molecule has 0 amide bonds. The number of ether oxygens (including phenoxy) is 5. The van der Waals surface area contributed by atoms with Crippen LogP contribution in [0.3, 0.4) is 0 Å². The Balaban J connectivity index is 2.78. The maximum Gasteiger partial charge on any atom is 0.335 e. The second-order valence-corrected chi connectivity index (χ2v) is 19.5. The number of hydrogen-bond acceptors (Lipinski definition) is 11. The van der Waals surface area contributed by atoms with Crippen LogP contribution in [0.25, 0.3) is 0 Å². The van der Waals surface area contributed by atoms with Crippen molar-refractivity contribution in [1.29, 1.82) is 0 Å². The van der Waals surface area contributed by atoms with Crippen LogP contribution >= 0.6 is 0 Å². The number of hydrogen-bond donors (Lipinski definition) is 3. The molecule has 6 atom stereocenters. The van der Waals surface area contributed by atoms with Gasteiger partial charge in [0.25, 0.3) is 0 Å². The van der Waals surface area contributed by atoms with Crippen LogP contribution in [0, 0.1) is 0 Å². The Morgan fingerprint density at radius 2 is 0.823 bits per heavy atom. The summed E-state index contributed by atoms with van der Waals surface area (Å²) >= 11 is 0. The van der Waals surface area contributed by atoms with Crippen molar-refractivity contribution >= 4 is 23.9 Å². The van der Waals surface area contributed by atoms with Gasteiger partial charge in [-0.1, -0.05) is 212 Å². The van der Waals surface area contributed by atoms with Gasteiger partial charge < -0.3 is 39.0 Å². The average Bonchev–Trinajstić information content (AvgIpc) is 3.44. The summed E-state index contributed by atoms with van der Waals surface area (Å²) in [5.74, 6) is -3.37. The van der Waals surface area contributed by atoms with Gasteiger partial charge in [0, 0.05) is 19.3 Å². The summed E-state index contributed by atoms with van der Waals surface area (Å²) in [7, 11) is 0. The third-order valence-electron chi connectivity index (χ3n) is 12.4. The van der Waals surface area contributed by atoms with Crippen molar-refractivity contribution in [2.24, 2.45) is 0 Å². The molecule has 79 heavy (non-hydrogen) atoms. The molecule has 0 aromatic heterocycles. The molecule has 0 saturated carbocycles. The number of unbranched alkanes of at least 4 members (excludes halogenated alkanes) is 10. The average molecular weight is 1100 g/mol. The molecule has 0 aromatic rings. The second kappa shape index (κ2) is 53.3. The van der Waals surface area contributed by atoms with E-state index < -0.39 is 67.3 Å². The number of aliphatic hydroxyl groups excluding tert-OH is 2. The molecule has 0 aromatic carbocycles. The first-order chi connectivity index (χ1) is 38.6. The van der Waals surface area contributed by atoms with Crippen LogP contribution in [-0.4, -0.2) is 89.2 Å². The van der Waals surface area contributed by atoms with Gasteiger partial charge in [0.1, 0.15) is 18.8 Å². The zero-order valence-electron chi connectivity index (χ0n) is 48.5. The first-order valence-corrected chi connectivity index (χ1v) is 29.8. The van der Waals surface area contributed by atoms with Crippen LogP contribution in [0.1, 0.15) is 201 Å². The van der Waals surface area contributed by atoms with Crippen LogP contribution in [0.15, 0.2) is 146 Å². The number of carboxylic acids is 1. The Labute approximate surface area is 476 Å². The Morgan fingerprint density at radius 3 is 1.27 bits per heavy atom. The molecule has 1 rings (SSSR count). The molecule has 0 radical (unpaired) electrons. The first-order valence-electron chi connectivity index (χ1n) is 29.8. The molecule has 0 bridgehead atoms. The van der Waals surface area contributed by atoms with Gasteiger partial charge in [-0.3, -0.25) is 14.4 Å². The van der Waals surface area contributed by atoms with Crippen molar-refractivity contribution in [2.75, 3.05) is 13.2 Å². The summed E-state index contributed by atoms with van der Waals surface area (Å²) in [4.78, 5) is 51.1. The minimum absolute atomic E-state index is 0.0757. The molecule has 3 N–H and O–H groups in total. The van der Waals surface area contributed by atoms with Crippen molar-refractivity contribution < 1.29 is 58.2 Å². The van der Waals surface area contributed by atoms with Gasteiger partial charge in [-0.15, -0.1) is 0 Å². The summed E-state index contributed by atoms with van der Waals surface area (Å²) < 4.78 is 28.2. The smallest absolute Gasteiger partial charge is 0.335 e. The molecule has 12 nitrogen and oxygen atoms in total. The fourth-order valence-corrected chi connectivity index (χ4v) is 7.91. The second-order valence-electron chi connectivity index (χ2n) is 19.5. The summed E-state index contributed by atoms with van der Waals surface area (Å²) in [6, 6.07) is 0. The lowest BCUT2D eigenvalue weighted by Gasteiger charge is -2.40. The third kappa shape index (κ3) is 43.1. The predicted octanol–water partition coefficient (Wildman–Crippen LogP) is 15.6. The SMILES string of the molecule is CC/C=C\C/C=C\C/C=C\C/C=C\C/C=C\C/C=C\CCC(=O)OCC(COC1OC(C(=O)O)C(O)C(O)C1OC(=O)CC/C=C\C/C=C\C/C=C\C/C=C\CC)OC(=O)CCCCCCCCC/C=C\C/C=C\CCCCC. The molecule has 0 aliphatic carbocycles. The topological polar surface area (TPSA) is 175 Å². The zero-order chi connectivity index (χ0) is 57.5. The maximum atomic E-state index is 13.2. The Kier molecular flexibility index (Phi) is 48.3. The largest absolute Gasteiger partial charge is 0.479 e. The lowest BCUT2D eigenvalue weighted by molar-refractivity contribution is -0.301. The maximum absolute atomic E-state index is 13.2. The molecule has 442 valence electrons. The molecule has 0 spiro atoms. The molecule has 6 unspecified atom stereocenters. The van der Waals surface area contributed by atoms with Crippen LogP contribution in [0.5, 0.6) is 0 Å². The van der Waals surface area contributed by atoms with Crippen molar-refractivity contribution in [3.8, 4) is 0 Å². The molecule has 1 aliphatic heterocycles. The van der Waals surface area contributed by atoms with Crippen molar-refractivity contribution in [3.05, 3.63) is 146 Å². The van der Waals surface area contributed by atoms with Gasteiger partial charge in [-0.25, -0.2) is 4.79 Å². The lowest BCUT2D eigenvalue weighted by Crippen LogP contribution is -2.61. The summed E-state index contributed by atoms with van der Waals surface area (Å²) in [5, 5.41) is 31.4. The zero-order valence-corrected chi connectivity index (χ0v) is 48.5. The minimum Gasteiger partial charge on any atom is -0.479 e. The number of aliphatic hydroxyl groups is 2. The normalized spacial score (nSPS) is 18.9. The van der Waals surface area contributed by atoms with Crippen LogP contribution in [0.4, 0.5) is 0 Å². The van der Waals surface area contributed by atoms with E-state index in [0.717, 1.165) is 109 Å². The minimum atomic E-state index is -1.94. The van der Waals surface area contributed by atoms with Gasteiger partial charge in [0.05, 0.1) is 6.61 Å². The number of carbonyl (C=O) groups excluding carboxylic acids is 3. The van der Waals surface area contributed by atoms with Gasteiger partial charge >= 0.3 is 23.9 Å². The van der Waals surface area contributed by atoms with Gasteiger partial charge in [0.15, 0.2) is 24.6 Å². The highest BCUT2D eigenvalue weighted by molar-refractivity contribution is 5.74. The molecular weight excluding hydrogens is 997 g/mol. The Morgan fingerprint density at radius 1 is 0.430 bits per heavy atom. The Hall–Kier alpha value is -5.40. The van der Waals surface area contributed by atoms with Crippen LogP contribution in [0.2, 0.25) is 0 Å². The van der Waals surface area contributed by atoms with Crippen LogP contribution < -0.4 is 0 Å². The van der Waals surface area contributed by atoms with E-state index in [1.807, 2.05) is 30.4 Å². The number of carboxylic acid groups (broad SMARTS) is 1. The Bertz CT molecular complexity index is 1930. The van der Waals surface area contributed by atoms with Crippen molar-refractivity contribution in [2.45, 2.75) is 237 Å². The lowest BCUT2D eigenvalue weighted by atomic mass is 9.98. The molecule has 1 saturated heterocycles. The van der Waals surface area contributed by atoms with Gasteiger partial charge in [0.2, 0.25) is 0 Å². The monoisotopic (exact) mass is 1100 g/mol. The van der Waals surface area contributed by atoms with E-state index in [2.05, 4.69) is 136 Å². The fourth-order valence-electron chi connectivity index (χ4n) is 7.91. The molecule has 1 heterocycles. The molecule has 1 fully saturated rings. The van der Waals surface area contributed by atoms with Gasteiger partial charge in [-0.2, -0.15) is 0 Å². The number of rotatable bonds is 48. The molecule has 1 aliphatic rings. The standard InChI is InChI=1S/C67H102O12/c1-4-7-10-13-16-19-22-25-27-29-30-32-33-36-38-41-44-47-50-53-59(68)75-56-58(77-60(69)54-51-48-45-42-40-37-34-31-28-26-23-20-17-14-11-8-5-2)57-76-67-65(63(72)62(71)64(79-67)66(73)74)78-61(70)55-52-49-46-43-39-35-24-21-18-15-12-9-6-3/h7,9-10,12,16-21,25-28,30,32,35-36,38-39,44,46-47,49,58,62-65,67,71-72H,4-6,8,11,13-15,22-24,29,31,33-34,37,40-43,45,48,50-57H2,1-3H3,(H,73,74)/b10-7-,12-9-,19-16-,20-17-,21-18-,27-25-,28-26-,32-30-,38-36-,39-35-,47-44-,49-46-. The van der Waals surface area contributed by atoms with E-state index in [1.165, 1.54) is 19.3 Å². The number of esters is 3. The summed E-state index contributed by atoms with van der Waals surface area (Å²) in [6.07, 6.45) is 64.2. The van der Waals surface area contributed by atoms with Crippen LogP contribution in [-0.2, 0) is 42.9 Å². The van der Waals surface area contributed by atoms with E-state index in [4.69, 9.17) is 23.7 Å². The van der Waals surface area contributed by atoms with E-state index in [0.29, 0.717) is 32.1 Å². The van der Waals surface area contributed by atoms with E-state index >= 15 is 0 Å². The van der Waals surface area contributed by atoms with Crippen molar-refractivity contribution in [1.82, 2.24) is 0 Å². The molecular formula is C67H102O12. The highest BCUT2D eigenvalue weighted by Crippen LogP contribution is 2.26. The fraction of sp³-hybridized carbons (Fsp3) is 0.582. The summed E-state index contributed by atoms with van der Waals surface area (Å²) in [6.45, 7) is 5.61. The quantitative estimate of drug-likeness (QED) is 0.0228. The van der Waals surface area contributed by atoms with Gasteiger partial charge in [-0.05, 0) is 116 Å². The van der Waals surface area contributed by atoms with Crippen molar-refractivity contribution in [3.63, 3.8) is 0 Å². The highest BCUT2D eigenvalue weighted by Gasteiger charge is 2.50. The molecule has 12 heteroatoms. The number of allylic oxidation sites excluding steroid dienone is 24. The third-order valence-corrected chi connectivity index (χ3v) is 12.4. The number of carbonyl (C=O) groups is 4. The summed E-state index contributed by atoms with van der Waals surface area (Å²) in [5.41, 5.74) is 0. The van der Waals surface area contributed by atoms with E-state index in [-0.39, 0.29) is 25.9 Å². The predicted molar refractivity (Wildman–Crippen MR) is 321 cm³/mol. The van der Waals surface area contributed by atoms with E-state index in [1.54, 1.807) is 0 Å². The highest BCUT2D eigenvalue weighted by atomic mass is 16.7. The first kappa shape index (κ1) is 71.6.